The topological polar surface area (TPSA) is 84.1 Å². The van der Waals surface area contributed by atoms with Crippen LogP contribution in [0.4, 0.5) is 0 Å². The van der Waals surface area contributed by atoms with Crippen LogP contribution in [0.2, 0.25) is 0 Å². The summed E-state index contributed by atoms with van der Waals surface area (Å²) in [7, 11) is 1.45. The van der Waals surface area contributed by atoms with Crippen LogP contribution in [0, 0.1) is 6.92 Å². The first-order valence-electron chi connectivity index (χ1n) is 7.39. The number of aromatic hydroxyl groups is 1. The zero-order valence-corrected chi connectivity index (χ0v) is 15.1. The first-order valence-corrected chi connectivity index (χ1v) is 8.18. The number of carbonyl (C=O) groups excluding carboxylic acids is 1. The number of nitrogens with zero attached hydrogens (tertiary/aromatic N) is 1. The molecule has 3 rings (SSSR count). The van der Waals surface area contributed by atoms with Crippen molar-refractivity contribution in [1.29, 1.82) is 0 Å². The third-order valence-corrected chi connectivity index (χ3v) is 4.17. The smallest absolute Gasteiger partial charge is 0.307 e. The van der Waals surface area contributed by atoms with Gasteiger partial charge in [0.1, 0.15) is 5.58 Å². The van der Waals surface area contributed by atoms with E-state index < -0.39 is 5.91 Å². The van der Waals surface area contributed by atoms with Gasteiger partial charge in [0.15, 0.2) is 17.3 Å². The van der Waals surface area contributed by atoms with Gasteiger partial charge in [-0.25, -0.2) is 5.43 Å². The van der Waals surface area contributed by atoms with E-state index in [4.69, 9.17) is 9.15 Å². The van der Waals surface area contributed by atoms with Gasteiger partial charge in [-0.1, -0.05) is 34.1 Å². The van der Waals surface area contributed by atoms with E-state index in [0.29, 0.717) is 21.4 Å². The van der Waals surface area contributed by atoms with Crippen molar-refractivity contribution in [3.8, 4) is 11.5 Å². The van der Waals surface area contributed by atoms with Crippen LogP contribution < -0.4 is 10.2 Å². The molecule has 1 heterocycles. The molecule has 2 N–H and O–H groups in total. The third kappa shape index (κ3) is 3.36. The third-order valence-electron chi connectivity index (χ3n) is 3.71. The summed E-state index contributed by atoms with van der Waals surface area (Å²) in [6, 6.07) is 10.7. The number of hydrogen-bond acceptors (Lipinski definition) is 5. The van der Waals surface area contributed by atoms with Gasteiger partial charge in [-0.3, -0.25) is 4.79 Å². The van der Waals surface area contributed by atoms with Gasteiger partial charge in [-0.2, -0.15) is 5.10 Å². The zero-order valence-electron chi connectivity index (χ0n) is 13.5. The van der Waals surface area contributed by atoms with Crippen LogP contribution in [0.3, 0.4) is 0 Å². The summed E-state index contributed by atoms with van der Waals surface area (Å²) in [6.45, 7) is 1.81. The fourth-order valence-electron chi connectivity index (χ4n) is 2.45. The van der Waals surface area contributed by atoms with E-state index in [1.54, 1.807) is 18.2 Å². The summed E-state index contributed by atoms with van der Waals surface area (Å²) in [5, 5.41) is 14.8. The Labute approximate surface area is 152 Å². The molecule has 0 spiro atoms. The molecule has 0 saturated heterocycles. The number of methoxy groups -OCH3 is 1. The molecule has 0 aliphatic carbocycles. The van der Waals surface area contributed by atoms with Crippen molar-refractivity contribution in [2.75, 3.05) is 7.11 Å². The van der Waals surface area contributed by atoms with Crippen LogP contribution in [0.1, 0.15) is 21.7 Å². The zero-order chi connectivity index (χ0) is 18.0. The molecule has 0 aliphatic rings. The maximum Gasteiger partial charge on any atom is 0.307 e. The summed E-state index contributed by atoms with van der Waals surface area (Å²) in [5.74, 6) is -0.0281. The maximum absolute atomic E-state index is 12.3. The van der Waals surface area contributed by atoms with Gasteiger partial charge in [0.05, 0.1) is 13.3 Å². The van der Waals surface area contributed by atoms with Gasteiger partial charge < -0.3 is 14.3 Å². The Balaban J connectivity index is 1.81. The molecule has 128 valence electrons. The lowest BCUT2D eigenvalue weighted by Crippen LogP contribution is -2.17. The highest BCUT2D eigenvalue weighted by Crippen LogP contribution is 2.32. The minimum Gasteiger partial charge on any atom is -0.504 e. The van der Waals surface area contributed by atoms with E-state index in [0.717, 1.165) is 10.9 Å². The van der Waals surface area contributed by atoms with E-state index in [9.17, 15) is 9.90 Å². The van der Waals surface area contributed by atoms with Crippen LogP contribution >= 0.6 is 15.9 Å². The number of phenols is 1. The van der Waals surface area contributed by atoms with Crippen LogP contribution in [-0.2, 0) is 0 Å². The summed E-state index contributed by atoms with van der Waals surface area (Å²) >= 11 is 3.32. The van der Waals surface area contributed by atoms with Gasteiger partial charge >= 0.3 is 5.91 Å². The second-order valence-corrected chi connectivity index (χ2v) is 6.21. The molecular formula is C18H15BrN2O4. The minimum absolute atomic E-state index is 0.0661. The number of phenolic OH excluding ortho intramolecular Hbond substituents is 1. The number of carbonyl (C=O) groups is 1. The van der Waals surface area contributed by atoms with Crippen LogP contribution in [0.15, 0.2) is 50.4 Å². The van der Waals surface area contributed by atoms with Gasteiger partial charge in [-0.05, 0) is 25.1 Å². The Morgan fingerprint density at radius 1 is 1.36 bits per heavy atom. The largest absolute Gasteiger partial charge is 0.504 e. The molecule has 0 unspecified atom stereocenters. The van der Waals surface area contributed by atoms with E-state index in [1.165, 1.54) is 13.3 Å². The van der Waals surface area contributed by atoms with E-state index in [1.807, 2.05) is 25.1 Å². The van der Waals surface area contributed by atoms with Crippen molar-refractivity contribution in [3.63, 3.8) is 0 Å². The summed E-state index contributed by atoms with van der Waals surface area (Å²) in [5.41, 5.74) is 4.19. The van der Waals surface area contributed by atoms with E-state index in [2.05, 4.69) is 26.5 Å². The molecular weight excluding hydrogens is 388 g/mol. The quantitative estimate of drug-likeness (QED) is 0.510. The van der Waals surface area contributed by atoms with Crippen molar-refractivity contribution in [3.05, 3.63) is 57.8 Å². The number of rotatable bonds is 4. The number of halogens is 1. The molecule has 0 saturated carbocycles. The predicted octanol–water partition coefficient (Wildman–Crippen LogP) is 3.98. The molecule has 3 aromatic rings. The Morgan fingerprint density at radius 2 is 2.12 bits per heavy atom. The number of para-hydroxylation sites is 1. The number of aryl methyl sites for hydroxylation is 1. The molecule has 0 bridgehead atoms. The van der Waals surface area contributed by atoms with Crippen LogP contribution in [0.25, 0.3) is 11.0 Å². The fraction of sp³-hybridized carbons (Fsp3) is 0.111. The normalized spacial score (nSPS) is 11.2. The molecule has 0 aliphatic heterocycles. The van der Waals surface area contributed by atoms with Crippen molar-refractivity contribution >= 4 is 39.0 Å². The van der Waals surface area contributed by atoms with Crippen LogP contribution in [0.5, 0.6) is 11.5 Å². The molecule has 0 fully saturated rings. The van der Waals surface area contributed by atoms with Gasteiger partial charge in [0, 0.05) is 21.0 Å². The Kier molecular flexibility index (Phi) is 4.76. The number of benzene rings is 2. The number of hydrogen-bond donors (Lipinski definition) is 2. The molecule has 1 amide bonds. The lowest BCUT2D eigenvalue weighted by Gasteiger charge is -2.06. The van der Waals surface area contributed by atoms with Crippen molar-refractivity contribution < 1.29 is 19.1 Å². The van der Waals surface area contributed by atoms with E-state index in [-0.39, 0.29) is 11.5 Å². The number of fused-ring (bicyclic) bond motifs is 1. The number of hydrazone groups is 1. The molecule has 1 aromatic heterocycles. The number of nitrogens with one attached hydrogen (secondary N) is 1. The second-order valence-electron chi connectivity index (χ2n) is 5.30. The highest BCUT2D eigenvalue weighted by Gasteiger charge is 2.16. The molecule has 0 radical (unpaired) electrons. The molecule has 0 atom stereocenters. The Hall–Kier alpha value is -2.80. The first kappa shape index (κ1) is 17.0. The van der Waals surface area contributed by atoms with Crippen molar-refractivity contribution in [1.82, 2.24) is 5.43 Å². The fourth-order valence-corrected chi connectivity index (χ4v) is 2.91. The van der Waals surface area contributed by atoms with Crippen LogP contribution in [-0.4, -0.2) is 24.3 Å². The summed E-state index contributed by atoms with van der Waals surface area (Å²) in [4.78, 5) is 12.3. The second kappa shape index (κ2) is 6.98. The van der Waals surface area contributed by atoms with Gasteiger partial charge in [0.25, 0.3) is 0 Å². The standard InChI is InChI=1S/C18H15BrN2O4/c1-10-13-5-3-4-6-14(13)25-17(10)18(23)21-20-9-11-7-12(19)8-15(24-2)16(11)22/h3-9,22H,1-2H3,(H,21,23)/b20-9+. The van der Waals surface area contributed by atoms with Crippen molar-refractivity contribution in [2.24, 2.45) is 5.10 Å². The molecule has 6 nitrogen and oxygen atoms in total. The monoisotopic (exact) mass is 402 g/mol. The number of ether oxygens (including phenoxy) is 1. The SMILES string of the molecule is COc1cc(Br)cc(/C=N/NC(=O)c2oc3ccccc3c2C)c1O. The summed E-state index contributed by atoms with van der Waals surface area (Å²) < 4.78 is 11.4. The molecule has 7 heteroatoms. The minimum atomic E-state index is -0.466. The average molecular weight is 403 g/mol. The van der Waals surface area contributed by atoms with Gasteiger partial charge in [-0.15, -0.1) is 0 Å². The highest BCUT2D eigenvalue weighted by molar-refractivity contribution is 9.10. The highest BCUT2D eigenvalue weighted by atomic mass is 79.9. The predicted molar refractivity (Wildman–Crippen MR) is 98.4 cm³/mol. The van der Waals surface area contributed by atoms with Gasteiger partial charge in [0.2, 0.25) is 0 Å². The maximum atomic E-state index is 12.3. The van der Waals surface area contributed by atoms with E-state index >= 15 is 0 Å². The van der Waals surface area contributed by atoms with Crippen molar-refractivity contribution in [2.45, 2.75) is 6.92 Å². The Bertz CT molecular complexity index is 979. The summed E-state index contributed by atoms with van der Waals surface area (Å²) in [6.07, 6.45) is 1.33. The lowest BCUT2D eigenvalue weighted by atomic mass is 10.1. The molecule has 25 heavy (non-hydrogen) atoms. The average Bonchev–Trinajstić information content (AvgIpc) is 2.95. The first-order chi connectivity index (χ1) is 12.0. The molecule has 2 aromatic carbocycles. The number of amides is 1. The lowest BCUT2D eigenvalue weighted by molar-refractivity contribution is 0.0929. The number of furan rings is 1. The Morgan fingerprint density at radius 3 is 2.84 bits per heavy atom.